The summed E-state index contributed by atoms with van der Waals surface area (Å²) in [5.41, 5.74) is 1.05. The van der Waals surface area contributed by atoms with Gasteiger partial charge in [-0.1, -0.05) is 12.1 Å². The van der Waals surface area contributed by atoms with Crippen LogP contribution in [0.25, 0.3) is 0 Å². The van der Waals surface area contributed by atoms with Crippen LogP contribution in [0, 0.1) is 5.92 Å². The standard InChI is InChI=1S/C20H29N3O4S/c1-2-28(26,27)23-14-10-16(11-15-23)19(24)21-18-9-5-4-8-17(18)20(25)22-12-6-3-7-13-22/h4-5,8-9,16H,2-3,6-7,10-15H2,1H3,(H,21,24). The Labute approximate surface area is 167 Å². The van der Waals surface area contributed by atoms with Crippen molar-refractivity contribution in [3.8, 4) is 0 Å². The lowest BCUT2D eigenvalue weighted by atomic mass is 9.97. The lowest BCUT2D eigenvalue weighted by molar-refractivity contribution is -0.120. The van der Waals surface area contributed by atoms with Crippen LogP contribution in [0.5, 0.6) is 0 Å². The van der Waals surface area contributed by atoms with Gasteiger partial charge in [-0.3, -0.25) is 9.59 Å². The highest BCUT2D eigenvalue weighted by molar-refractivity contribution is 7.89. The predicted octanol–water partition coefficient (Wildman–Crippen LogP) is 2.31. The van der Waals surface area contributed by atoms with Crippen LogP contribution in [0.3, 0.4) is 0 Å². The highest BCUT2D eigenvalue weighted by Gasteiger charge is 2.31. The minimum Gasteiger partial charge on any atom is -0.339 e. The Morgan fingerprint density at radius 2 is 1.68 bits per heavy atom. The highest BCUT2D eigenvalue weighted by Crippen LogP contribution is 2.24. The van der Waals surface area contributed by atoms with E-state index in [1.54, 1.807) is 31.2 Å². The summed E-state index contributed by atoms with van der Waals surface area (Å²) >= 11 is 0. The molecule has 0 atom stereocenters. The largest absolute Gasteiger partial charge is 0.339 e. The first-order chi connectivity index (χ1) is 13.4. The van der Waals surface area contributed by atoms with E-state index in [0.717, 1.165) is 32.4 Å². The zero-order valence-electron chi connectivity index (χ0n) is 16.4. The van der Waals surface area contributed by atoms with Gasteiger partial charge in [0.25, 0.3) is 5.91 Å². The number of nitrogens with zero attached hydrogens (tertiary/aromatic N) is 2. The fourth-order valence-electron chi connectivity index (χ4n) is 3.86. The Balaban J connectivity index is 1.64. The molecule has 7 nitrogen and oxygen atoms in total. The SMILES string of the molecule is CCS(=O)(=O)N1CCC(C(=O)Nc2ccccc2C(=O)N2CCCCC2)CC1. The molecule has 1 N–H and O–H groups in total. The molecule has 154 valence electrons. The van der Waals surface area contributed by atoms with Gasteiger partial charge in [-0.25, -0.2) is 12.7 Å². The molecule has 3 rings (SSSR count). The second kappa shape index (κ2) is 9.05. The number of piperidine rings is 2. The van der Waals surface area contributed by atoms with Crippen LogP contribution in [0.15, 0.2) is 24.3 Å². The molecule has 2 saturated heterocycles. The van der Waals surface area contributed by atoms with E-state index in [2.05, 4.69) is 5.32 Å². The maximum absolute atomic E-state index is 12.9. The van der Waals surface area contributed by atoms with Gasteiger partial charge in [0.2, 0.25) is 15.9 Å². The van der Waals surface area contributed by atoms with Gasteiger partial charge < -0.3 is 10.2 Å². The first-order valence-corrected chi connectivity index (χ1v) is 11.7. The first kappa shape index (κ1) is 20.8. The first-order valence-electron chi connectivity index (χ1n) is 10.1. The van der Waals surface area contributed by atoms with Gasteiger partial charge in [-0.15, -0.1) is 0 Å². The topological polar surface area (TPSA) is 86.8 Å². The number of nitrogens with one attached hydrogen (secondary N) is 1. The molecule has 0 radical (unpaired) electrons. The van der Waals surface area contributed by atoms with Crippen LogP contribution in [0.4, 0.5) is 5.69 Å². The molecule has 0 aliphatic carbocycles. The summed E-state index contributed by atoms with van der Waals surface area (Å²) in [7, 11) is -3.21. The number of para-hydroxylation sites is 1. The lowest BCUT2D eigenvalue weighted by Gasteiger charge is -2.30. The molecule has 1 aromatic carbocycles. The molecule has 2 heterocycles. The Bertz CT molecular complexity index is 810. The number of carbonyl (C=O) groups excluding carboxylic acids is 2. The Morgan fingerprint density at radius 3 is 2.32 bits per heavy atom. The maximum atomic E-state index is 12.9. The Morgan fingerprint density at radius 1 is 1.04 bits per heavy atom. The van der Waals surface area contributed by atoms with E-state index in [1.165, 1.54) is 4.31 Å². The van der Waals surface area contributed by atoms with Gasteiger partial charge >= 0.3 is 0 Å². The fraction of sp³-hybridized carbons (Fsp3) is 0.600. The molecule has 2 fully saturated rings. The zero-order chi connectivity index (χ0) is 20.1. The number of hydrogen-bond acceptors (Lipinski definition) is 4. The quantitative estimate of drug-likeness (QED) is 0.811. The molecule has 2 aliphatic rings. The number of sulfonamides is 1. The van der Waals surface area contributed by atoms with E-state index in [-0.39, 0.29) is 23.5 Å². The van der Waals surface area contributed by atoms with Crippen LogP contribution in [-0.2, 0) is 14.8 Å². The van der Waals surface area contributed by atoms with E-state index in [9.17, 15) is 18.0 Å². The monoisotopic (exact) mass is 407 g/mol. The average molecular weight is 408 g/mol. The van der Waals surface area contributed by atoms with Gasteiger partial charge in [-0.05, 0) is 51.2 Å². The fourth-order valence-corrected chi connectivity index (χ4v) is 4.99. The van der Waals surface area contributed by atoms with Crippen molar-refractivity contribution in [2.45, 2.75) is 39.0 Å². The second-order valence-corrected chi connectivity index (χ2v) is 9.72. The smallest absolute Gasteiger partial charge is 0.255 e. The molecular weight excluding hydrogens is 378 g/mol. The summed E-state index contributed by atoms with van der Waals surface area (Å²) in [6.45, 7) is 3.87. The lowest BCUT2D eigenvalue weighted by Crippen LogP contribution is -2.42. The van der Waals surface area contributed by atoms with Gasteiger partial charge in [0.15, 0.2) is 0 Å². The molecule has 0 bridgehead atoms. The number of hydrogen-bond donors (Lipinski definition) is 1. The molecule has 28 heavy (non-hydrogen) atoms. The van der Waals surface area contributed by atoms with Crippen molar-refractivity contribution in [3.63, 3.8) is 0 Å². The van der Waals surface area contributed by atoms with E-state index < -0.39 is 10.0 Å². The third-order valence-corrected chi connectivity index (χ3v) is 7.52. The van der Waals surface area contributed by atoms with Gasteiger partial charge in [0, 0.05) is 32.1 Å². The number of carbonyl (C=O) groups is 2. The molecule has 2 aliphatic heterocycles. The van der Waals surface area contributed by atoms with E-state index in [0.29, 0.717) is 37.2 Å². The van der Waals surface area contributed by atoms with Crippen LogP contribution < -0.4 is 5.32 Å². The summed E-state index contributed by atoms with van der Waals surface area (Å²) in [6.07, 6.45) is 4.16. The zero-order valence-corrected chi connectivity index (χ0v) is 17.2. The summed E-state index contributed by atoms with van der Waals surface area (Å²) < 4.78 is 25.4. The second-order valence-electron chi connectivity index (χ2n) is 7.46. The summed E-state index contributed by atoms with van der Waals surface area (Å²) in [5, 5.41) is 2.91. The van der Waals surface area contributed by atoms with Crippen LogP contribution in [0.2, 0.25) is 0 Å². The molecular formula is C20H29N3O4S. The highest BCUT2D eigenvalue weighted by atomic mass is 32.2. The summed E-state index contributed by atoms with van der Waals surface area (Å²) in [4.78, 5) is 27.5. The van der Waals surface area contributed by atoms with Crippen molar-refractivity contribution in [1.29, 1.82) is 0 Å². The van der Waals surface area contributed by atoms with E-state index >= 15 is 0 Å². The van der Waals surface area contributed by atoms with Gasteiger partial charge in [-0.2, -0.15) is 0 Å². The molecule has 2 amide bonds. The predicted molar refractivity (Wildman–Crippen MR) is 109 cm³/mol. The summed E-state index contributed by atoms with van der Waals surface area (Å²) in [6, 6.07) is 7.12. The normalized spacial score (nSPS) is 19.4. The van der Waals surface area contributed by atoms with Crippen molar-refractivity contribution < 1.29 is 18.0 Å². The number of likely N-dealkylation sites (tertiary alicyclic amines) is 1. The third kappa shape index (κ3) is 4.72. The van der Waals surface area contributed by atoms with E-state index in [1.807, 2.05) is 4.90 Å². The molecule has 0 aromatic heterocycles. The molecule has 0 unspecified atom stereocenters. The third-order valence-electron chi connectivity index (χ3n) is 5.64. The number of benzene rings is 1. The number of rotatable bonds is 5. The minimum absolute atomic E-state index is 0.0422. The van der Waals surface area contributed by atoms with E-state index in [4.69, 9.17) is 0 Å². The van der Waals surface area contributed by atoms with Crippen molar-refractivity contribution in [1.82, 2.24) is 9.21 Å². The molecule has 8 heteroatoms. The van der Waals surface area contributed by atoms with Crippen LogP contribution >= 0.6 is 0 Å². The van der Waals surface area contributed by atoms with Crippen LogP contribution in [-0.4, -0.2) is 61.4 Å². The Kier molecular flexibility index (Phi) is 6.72. The van der Waals surface area contributed by atoms with Crippen molar-refractivity contribution >= 4 is 27.5 Å². The van der Waals surface area contributed by atoms with Gasteiger partial charge in [0.05, 0.1) is 17.0 Å². The Hall–Kier alpha value is -1.93. The van der Waals surface area contributed by atoms with Crippen molar-refractivity contribution in [3.05, 3.63) is 29.8 Å². The molecule has 1 aromatic rings. The van der Waals surface area contributed by atoms with Crippen LogP contribution in [0.1, 0.15) is 49.4 Å². The molecule has 0 saturated carbocycles. The average Bonchev–Trinajstić information content (AvgIpc) is 2.74. The summed E-state index contributed by atoms with van der Waals surface area (Å²) in [5.74, 6) is -0.357. The number of amides is 2. The number of anilines is 1. The maximum Gasteiger partial charge on any atom is 0.255 e. The van der Waals surface area contributed by atoms with Gasteiger partial charge in [0.1, 0.15) is 0 Å². The molecule has 0 spiro atoms. The van der Waals surface area contributed by atoms with Crippen molar-refractivity contribution in [2.24, 2.45) is 5.92 Å². The minimum atomic E-state index is -3.21. The van der Waals surface area contributed by atoms with Crippen molar-refractivity contribution in [2.75, 3.05) is 37.2 Å².